The van der Waals surface area contributed by atoms with Gasteiger partial charge in [0.2, 0.25) is 5.95 Å². The second-order valence-electron chi connectivity index (χ2n) is 6.30. The number of aromatic amines is 1. The van der Waals surface area contributed by atoms with Crippen molar-refractivity contribution in [3.8, 4) is 23.0 Å². The van der Waals surface area contributed by atoms with Crippen LogP contribution in [-0.2, 0) is 0 Å². The van der Waals surface area contributed by atoms with E-state index in [4.69, 9.17) is 9.15 Å². The molecule has 0 aliphatic carbocycles. The molecule has 0 fully saturated rings. The minimum atomic E-state index is -0.606. The van der Waals surface area contributed by atoms with E-state index in [-0.39, 0.29) is 11.4 Å². The summed E-state index contributed by atoms with van der Waals surface area (Å²) in [5.74, 6) is 1.11. The molecule has 3 aromatic heterocycles. The van der Waals surface area contributed by atoms with Crippen molar-refractivity contribution in [3.05, 3.63) is 58.1 Å². The van der Waals surface area contributed by atoms with Gasteiger partial charge in [-0.1, -0.05) is 11.2 Å². The van der Waals surface area contributed by atoms with E-state index in [1.807, 2.05) is 6.92 Å². The number of phenols is 1. The molecule has 0 radical (unpaired) electrons. The second kappa shape index (κ2) is 6.48. The summed E-state index contributed by atoms with van der Waals surface area (Å²) in [6, 6.07) is 7.81. The van der Waals surface area contributed by atoms with Gasteiger partial charge in [-0.15, -0.1) is 0 Å². The number of phenolic OH excluding ortho intramolecular Hbond substituents is 1. The molecule has 11 nitrogen and oxygen atoms in total. The number of rotatable bonds is 4. The first-order valence-electron chi connectivity index (χ1n) is 8.84. The molecule has 0 spiro atoms. The molecule has 1 aromatic carbocycles. The van der Waals surface area contributed by atoms with Crippen molar-refractivity contribution in [2.45, 2.75) is 13.0 Å². The Balaban J connectivity index is 1.79. The zero-order valence-electron chi connectivity index (χ0n) is 15.2. The third-order valence-electron chi connectivity index (χ3n) is 4.62. The van der Waals surface area contributed by atoms with Crippen molar-refractivity contribution in [3.63, 3.8) is 0 Å². The zero-order chi connectivity index (χ0) is 20.0. The van der Waals surface area contributed by atoms with E-state index < -0.39 is 11.6 Å². The molecule has 0 amide bonds. The van der Waals surface area contributed by atoms with Crippen LogP contribution >= 0.6 is 0 Å². The number of nitrogens with one attached hydrogen (secondary N) is 2. The number of tetrazole rings is 1. The standard InChI is InChI=1S/C18H15N7O4/c1-2-28-12-8-9(5-6-10(12)26)16-13-14(11-4-3-7-29-11)20-21-17(27)15(13)19-18-22-23-24-25(16)18/h3-8,16,26H,2H2,1H3,(H,21,27)(H,19,22,24). The second-order valence-corrected chi connectivity index (χ2v) is 6.30. The van der Waals surface area contributed by atoms with E-state index in [1.165, 1.54) is 17.0 Å². The van der Waals surface area contributed by atoms with Gasteiger partial charge in [-0.25, -0.2) is 5.10 Å². The predicted molar refractivity (Wildman–Crippen MR) is 100 cm³/mol. The summed E-state index contributed by atoms with van der Waals surface area (Å²) in [4.78, 5) is 12.6. The van der Waals surface area contributed by atoms with E-state index in [0.717, 1.165) is 0 Å². The maximum absolute atomic E-state index is 12.6. The maximum Gasteiger partial charge on any atom is 0.288 e. The topological polar surface area (TPSA) is 144 Å². The Bertz CT molecular complexity index is 1250. The van der Waals surface area contributed by atoms with Crippen LogP contribution in [0.15, 0.2) is 45.8 Å². The van der Waals surface area contributed by atoms with Gasteiger partial charge in [0.1, 0.15) is 17.4 Å². The fourth-order valence-corrected chi connectivity index (χ4v) is 3.42. The number of benzene rings is 1. The van der Waals surface area contributed by atoms with Gasteiger partial charge >= 0.3 is 0 Å². The van der Waals surface area contributed by atoms with Crippen molar-refractivity contribution in [2.75, 3.05) is 11.9 Å². The van der Waals surface area contributed by atoms with Gasteiger partial charge in [0.05, 0.1) is 12.9 Å². The summed E-state index contributed by atoms with van der Waals surface area (Å²) >= 11 is 0. The summed E-state index contributed by atoms with van der Waals surface area (Å²) in [7, 11) is 0. The average molecular weight is 393 g/mol. The van der Waals surface area contributed by atoms with Crippen LogP contribution < -0.4 is 15.6 Å². The number of ether oxygens (including phenoxy) is 1. The normalized spacial score (nSPS) is 14.7. The van der Waals surface area contributed by atoms with Crippen LogP contribution in [0.5, 0.6) is 11.5 Å². The molecule has 4 aromatic rings. The average Bonchev–Trinajstić information content (AvgIpc) is 3.41. The number of fused-ring (bicyclic) bond motifs is 2. The predicted octanol–water partition coefficient (Wildman–Crippen LogP) is 1.82. The van der Waals surface area contributed by atoms with Gasteiger partial charge in [0, 0.05) is 5.56 Å². The third kappa shape index (κ3) is 2.63. The van der Waals surface area contributed by atoms with E-state index in [1.54, 1.807) is 24.3 Å². The molecule has 0 saturated carbocycles. The van der Waals surface area contributed by atoms with E-state index in [0.29, 0.717) is 40.9 Å². The molecular formula is C18H15N7O4. The van der Waals surface area contributed by atoms with E-state index >= 15 is 0 Å². The maximum atomic E-state index is 12.6. The Morgan fingerprint density at radius 1 is 1.34 bits per heavy atom. The van der Waals surface area contributed by atoms with Crippen LogP contribution in [0.1, 0.15) is 24.1 Å². The van der Waals surface area contributed by atoms with Gasteiger partial charge in [-0.05, 0) is 47.2 Å². The Labute approximate surface area is 162 Å². The van der Waals surface area contributed by atoms with E-state index in [2.05, 4.69) is 31.0 Å². The Kier molecular flexibility index (Phi) is 3.79. The number of aromatic nitrogens is 6. The summed E-state index contributed by atoms with van der Waals surface area (Å²) in [5, 5.41) is 31.5. The number of nitrogens with zero attached hydrogens (tertiary/aromatic N) is 5. The number of aromatic hydroxyl groups is 1. The minimum absolute atomic E-state index is 0.0111. The molecule has 1 aliphatic heterocycles. The lowest BCUT2D eigenvalue weighted by atomic mass is 9.94. The van der Waals surface area contributed by atoms with Gasteiger partial charge in [0.15, 0.2) is 17.3 Å². The highest BCUT2D eigenvalue weighted by Gasteiger charge is 2.35. The van der Waals surface area contributed by atoms with Crippen molar-refractivity contribution >= 4 is 11.6 Å². The highest BCUT2D eigenvalue weighted by Crippen LogP contribution is 2.42. The fourth-order valence-electron chi connectivity index (χ4n) is 3.42. The summed E-state index contributed by atoms with van der Waals surface area (Å²) in [6.45, 7) is 2.21. The fraction of sp³-hybridized carbons (Fsp3) is 0.167. The van der Waals surface area contributed by atoms with Gasteiger partial charge in [-0.3, -0.25) is 4.79 Å². The summed E-state index contributed by atoms with van der Waals surface area (Å²) < 4.78 is 12.6. The molecule has 29 heavy (non-hydrogen) atoms. The Morgan fingerprint density at radius 2 is 2.24 bits per heavy atom. The highest BCUT2D eigenvalue weighted by atomic mass is 16.5. The van der Waals surface area contributed by atoms with E-state index in [9.17, 15) is 9.90 Å². The minimum Gasteiger partial charge on any atom is -0.504 e. The molecule has 0 bridgehead atoms. The number of hydrogen-bond acceptors (Lipinski definition) is 9. The lowest BCUT2D eigenvalue weighted by Gasteiger charge is -2.27. The number of furan rings is 1. The van der Waals surface area contributed by atoms with Gasteiger partial charge in [-0.2, -0.15) is 9.78 Å². The lowest BCUT2D eigenvalue weighted by molar-refractivity contribution is 0.317. The van der Waals surface area contributed by atoms with Crippen LogP contribution in [0.4, 0.5) is 11.6 Å². The zero-order valence-corrected chi connectivity index (χ0v) is 15.2. The first-order valence-corrected chi connectivity index (χ1v) is 8.84. The van der Waals surface area contributed by atoms with Crippen molar-refractivity contribution in [1.29, 1.82) is 0 Å². The molecule has 146 valence electrons. The molecule has 1 atom stereocenters. The molecule has 11 heteroatoms. The highest BCUT2D eigenvalue weighted by molar-refractivity contribution is 5.73. The third-order valence-corrected chi connectivity index (χ3v) is 4.62. The van der Waals surface area contributed by atoms with Crippen LogP contribution in [0.3, 0.4) is 0 Å². The van der Waals surface area contributed by atoms with Crippen molar-refractivity contribution < 1.29 is 14.3 Å². The first-order chi connectivity index (χ1) is 14.2. The molecular weight excluding hydrogens is 378 g/mol. The monoisotopic (exact) mass is 393 g/mol. The molecule has 5 rings (SSSR count). The first kappa shape index (κ1) is 17.0. The molecule has 1 unspecified atom stereocenters. The quantitative estimate of drug-likeness (QED) is 0.416. The molecule has 1 aliphatic rings. The largest absolute Gasteiger partial charge is 0.504 e. The molecule has 3 N–H and O–H groups in total. The Morgan fingerprint density at radius 3 is 3.03 bits per heavy atom. The molecule has 0 saturated heterocycles. The number of H-pyrrole nitrogens is 1. The smallest absolute Gasteiger partial charge is 0.288 e. The summed E-state index contributed by atoms with van der Waals surface area (Å²) in [5.41, 5.74) is 1.52. The van der Waals surface area contributed by atoms with Gasteiger partial charge in [0.25, 0.3) is 5.56 Å². The van der Waals surface area contributed by atoms with Crippen LogP contribution in [0, 0.1) is 0 Å². The number of hydrogen-bond donors (Lipinski definition) is 3. The van der Waals surface area contributed by atoms with Crippen LogP contribution in [-0.4, -0.2) is 42.1 Å². The lowest BCUT2D eigenvalue weighted by Crippen LogP contribution is -2.29. The van der Waals surface area contributed by atoms with Crippen molar-refractivity contribution in [1.82, 2.24) is 30.4 Å². The van der Waals surface area contributed by atoms with Crippen molar-refractivity contribution in [2.24, 2.45) is 0 Å². The van der Waals surface area contributed by atoms with Crippen LogP contribution in [0.2, 0.25) is 0 Å². The van der Waals surface area contributed by atoms with Crippen LogP contribution in [0.25, 0.3) is 11.5 Å². The SMILES string of the molecule is CCOc1cc(C2c3c(-c4ccco4)n[nH]c(=O)c3Nc3nnnn32)ccc1O. The number of anilines is 2. The van der Waals surface area contributed by atoms with Gasteiger partial charge < -0.3 is 19.6 Å². The molecule has 4 heterocycles. The Hall–Kier alpha value is -4.15. The summed E-state index contributed by atoms with van der Waals surface area (Å²) in [6.07, 6.45) is 1.52.